The minimum Gasteiger partial charge on any atom is -0.469 e. The zero-order valence-corrected chi connectivity index (χ0v) is 14.1. The molecular weight excluding hydrogens is 324 g/mol. The monoisotopic (exact) mass is 346 g/mol. The number of benzene rings is 1. The fourth-order valence-corrected chi connectivity index (χ4v) is 3.40. The normalized spacial score (nSPS) is 30.2. The molecule has 1 N–H and O–H groups in total. The molecule has 0 aromatic heterocycles. The molecule has 0 aliphatic carbocycles. The fourth-order valence-electron chi connectivity index (χ4n) is 3.40. The zero-order chi connectivity index (χ0) is 17.9. The summed E-state index contributed by atoms with van der Waals surface area (Å²) in [6, 6.07) is 9.59. The van der Waals surface area contributed by atoms with Crippen molar-refractivity contribution in [3.63, 3.8) is 0 Å². The first-order valence-corrected chi connectivity index (χ1v) is 8.30. The van der Waals surface area contributed by atoms with Gasteiger partial charge in [-0.2, -0.15) is 0 Å². The second-order valence-electron chi connectivity index (χ2n) is 6.52. The SMILES string of the molecule is COC(=O)CC(=O)C[C@]1(O)C[C@H]2C=C[C@H](O2)[C@H]1OCc1ccccc1. The summed E-state index contributed by atoms with van der Waals surface area (Å²) in [6.45, 7) is 0.303. The van der Waals surface area contributed by atoms with Gasteiger partial charge in [0.25, 0.3) is 0 Å². The highest BCUT2D eigenvalue weighted by Gasteiger charge is 2.51. The van der Waals surface area contributed by atoms with Gasteiger partial charge in [0.15, 0.2) is 0 Å². The molecule has 0 radical (unpaired) electrons. The summed E-state index contributed by atoms with van der Waals surface area (Å²) < 4.78 is 16.3. The molecule has 0 saturated carbocycles. The molecule has 3 rings (SSSR count). The van der Waals surface area contributed by atoms with Crippen molar-refractivity contribution in [3.8, 4) is 0 Å². The van der Waals surface area contributed by atoms with E-state index < -0.39 is 23.8 Å². The van der Waals surface area contributed by atoms with Gasteiger partial charge in [-0.25, -0.2) is 0 Å². The van der Waals surface area contributed by atoms with E-state index in [2.05, 4.69) is 4.74 Å². The maximum Gasteiger partial charge on any atom is 0.313 e. The standard InChI is InChI=1S/C19H22O6/c1-23-17(21)9-14(20)10-19(22)11-15-7-8-16(25-15)18(19)24-12-13-5-3-2-4-6-13/h2-8,15-16,18,22H,9-12H2,1H3/t15-,16+,18-,19+/m1/s1. The molecule has 1 fully saturated rings. The summed E-state index contributed by atoms with van der Waals surface area (Å²) in [5.41, 5.74) is -0.411. The highest BCUT2D eigenvalue weighted by molar-refractivity contribution is 5.96. The van der Waals surface area contributed by atoms with E-state index in [4.69, 9.17) is 9.47 Å². The molecular formula is C19H22O6. The van der Waals surface area contributed by atoms with Crippen LogP contribution in [0.15, 0.2) is 42.5 Å². The van der Waals surface area contributed by atoms with E-state index in [1.165, 1.54) is 7.11 Å². The van der Waals surface area contributed by atoms with Crippen LogP contribution >= 0.6 is 0 Å². The largest absolute Gasteiger partial charge is 0.469 e. The van der Waals surface area contributed by atoms with Crippen LogP contribution in [0.25, 0.3) is 0 Å². The van der Waals surface area contributed by atoms with Gasteiger partial charge in [-0.1, -0.05) is 42.5 Å². The van der Waals surface area contributed by atoms with E-state index in [0.29, 0.717) is 6.61 Å². The lowest BCUT2D eigenvalue weighted by molar-refractivity contribution is -0.210. The number of methoxy groups -OCH3 is 1. The molecule has 2 aliphatic heterocycles. The first-order chi connectivity index (χ1) is 12.0. The number of carbonyl (C=O) groups excluding carboxylic acids is 2. The summed E-state index contributed by atoms with van der Waals surface area (Å²) in [7, 11) is 1.23. The molecule has 4 atom stereocenters. The second kappa shape index (κ2) is 7.47. The smallest absolute Gasteiger partial charge is 0.313 e. The van der Waals surface area contributed by atoms with Gasteiger partial charge in [0.1, 0.15) is 30.0 Å². The molecule has 0 spiro atoms. The molecule has 0 amide bonds. The topological polar surface area (TPSA) is 82.1 Å². The minimum absolute atomic E-state index is 0.167. The summed E-state index contributed by atoms with van der Waals surface area (Å²) in [4.78, 5) is 23.5. The zero-order valence-electron chi connectivity index (χ0n) is 14.1. The maximum absolute atomic E-state index is 12.2. The highest BCUT2D eigenvalue weighted by atomic mass is 16.6. The number of Topliss-reactive ketones (excluding diaryl/α,β-unsaturated/α-hetero) is 1. The van der Waals surface area contributed by atoms with E-state index in [-0.39, 0.29) is 31.1 Å². The van der Waals surface area contributed by atoms with Gasteiger partial charge < -0.3 is 19.3 Å². The Hall–Kier alpha value is -2.02. The van der Waals surface area contributed by atoms with E-state index in [9.17, 15) is 14.7 Å². The van der Waals surface area contributed by atoms with E-state index in [1.54, 1.807) is 0 Å². The number of aliphatic hydroxyl groups is 1. The van der Waals surface area contributed by atoms with Gasteiger partial charge in [0, 0.05) is 12.8 Å². The number of ketones is 1. The summed E-state index contributed by atoms with van der Waals surface area (Å²) >= 11 is 0. The molecule has 134 valence electrons. The highest BCUT2D eigenvalue weighted by Crippen LogP contribution is 2.39. The van der Waals surface area contributed by atoms with Crippen LogP contribution in [-0.2, 0) is 30.4 Å². The molecule has 0 unspecified atom stereocenters. The van der Waals surface area contributed by atoms with Crippen LogP contribution in [0, 0.1) is 0 Å². The number of esters is 1. The number of ether oxygens (including phenoxy) is 3. The molecule has 1 aromatic rings. The van der Waals surface area contributed by atoms with Crippen LogP contribution in [0.3, 0.4) is 0 Å². The molecule has 2 heterocycles. The predicted octanol–water partition coefficient (Wildman–Crippen LogP) is 1.55. The van der Waals surface area contributed by atoms with Crippen molar-refractivity contribution in [1.29, 1.82) is 0 Å². The predicted molar refractivity (Wildman–Crippen MR) is 88.6 cm³/mol. The lowest BCUT2D eigenvalue weighted by Crippen LogP contribution is -2.56. The van der Waals surface area contributed by atoms with Crippen molar-refractivity contribution < 1.29 is 28.9 Å². The average molecular weight is 346 g/mol. The first kappa shape index (κ1) is 17.8. The van der Waals surface area contributed by atoms with E-state index >= 15 is 0 Å². The number of fused-ring (bicyclic) bond motifs is 2. The molecule has 2 aliphatic rings. The van der Waals surface area contributed by atoms with Crippen LogP contribution in [0.1, 0.15) is 24.8 Å². The Morgan fingerprint density at radius 3 is 2.76 bits per heavy atom. The summed E-state index contributed by atoms with van der Waals surface area (Å²) in [5.74, 6) is -0.979. The molecule has 6 heteroatoms. The third kappa shape index (κ3) is 4.15. The van der Waals surface area contributed by atoms with Crippen molar-refractivity contribution in [3.05, 3.63) is 48.0 Å². The Labute approximate surface area is 146 Å². The van der Waals surface area contributed by atoms with Crippen molar-refractivity contribution in [2.75, 3.05) is 7.11 Å². The molecule has 2 bridgehead atoms. The number of carbonyl (C=O) groups is 2. The Morgan fingerprint density at radius 2 is 2.04 bits per heavy atom. The van der Waals surface area contributed by atoms with Crippen LogP contribution in [0.4, 0.5) is 0 Å². The average Bonchev–Trinajstić information content (AvgIpc) is 2.98. The third-order valence-corrected chi connectivity index (χ3v) is 4.57. The number of hydrogen-bond acceptors (Lipinski definition) is 6. The van der Waals surface area contributed by atoms with Crippen LogP contribution in [-0.4, -0.2) is 47.9 Å². The summed E-state index contributed by atoms with van der Waals surface area (Å²) in [5, 5.41) is 11.1. The van der Waals surface area contributed by atoms with Gasteiger partial charge in [0.2, 0.25) is 0 Å². The minimum atomic E-state index is -1.38. The van der Waals surface area contributed by atoms with Gasteiger partial charge in [-0.05, 0) is 5.56 Å². The summed E-state index contributed by atoms with van der Waals surface area (Å²) in [6.07, 6.45) is 2.16. The molecule has 6 nitrogen and oxygen atoms in total. The van der Waals surface area contributed by atoms with Crippen LogP contribution in [0.5, 0.6) is 0 Å². The first-order valence-electron chi connectivity index (χ1n) is 8.30. The van der Waals surface area contributed by atoms with Gasteiger partial charge in [-0.3, -0.25) is 9.59 Å². The lowest BCUT2D eigenvalue weighted by Gasteiger charge is -2.43. The lowest BCUT2D eigenvalue weighted by atomic mass is 9.82. The van der Waals surface area contributed by atoms with Crippen molar-refractivity contribution in [2.45, 2.75) is 49.8 Å². The van der Waals surface area contributed by atoms with E-state index in [0.717, 1.165) is 5.56 Å². The molecule has 25 heavy (non-hydrogen) atoms. The molecule has 1 aromatic carbocycles. The maximum atomic E-state index is 12.2. The Bertz CT molecular complexity index is 655. The van der Waals surface area contributed by atoms with Crippen molar-refractivity contribution in [2.24, 2.45) is 0 Å². The Kier molecular flexibility index (Phi) is 5.32. The fraction of sp³-hybridized carbons (Fsp3) is 0.474. The van der Waals surface area contributed by atoms with Crippen molar-refractivity contribution >= 4 is 11.8 Å². The number of rotatable bonds is 7. The van der Waals surface area contributed by atoms with Crippen molar-refractivity contribution in [1.82, 2.24) is 0 Å². The second-order valence-corrected chi connectivity index (χ2v) is 6.52. The number of hydrogen-bond donors (Lipinski definition) is 1. The van der Waals surface area contributed by atoms with Gasteiger partial charge >= 0.3 is 5.97 Å². The Morgan fingerprint density at radius 1 is 1.28 bits per heavy atom. The Balaban J connectivity index is 1.70. The van der Waals surface area contributed by atoms with Gasteiger partial charge in [-0.15, -0.1) is 0 Å². The molecule has 1 saturated heterocycles. The van der Waals surface area contributed by atoms with E-state index in [1.807, 2.05) is 42.5 Å². The van der Waals surface area contributed by atoms with Crippen LogP contribution < -0.4 is 0 Å². The van der Waals surface area contributed by atoms with Gasteiger partial charge in [0.05, 0.1) is 19.8 Å². The van der Waals surface area contributed by atoms with Crippen LogP contribution in [0.2, 0.25) is 0 Å². The third-order valence-electron chi connectivity index (χ3n) is 4.57. The quantitative estimate of drug-likeness (QED) is 0.458.